The standard InChI is InChI=1S/C21H32N4O2S/c1-3-23(4-2)20(27)16-8-9-17-18(14-16)28-21(22-17)25-12-10-24(11-13-25)19(26)15-6-5-7-15/h15-16H,3-14H2,1-2H3. The third-order valence-electron chi connectivity index (χ3n) is 6.67. The van der Waals surface area contributed by atoms with Gasteiger partial charge in [0.25, 0.3) is 0 Å². The molecule has 2 heterocycles. The third-order valence-corrected chi connectivity index (χ3v) is 7.85. The normalized spacial score (nSPS) is 22.6. The molecule has 2 amide bonds. The van der Waals surface area contributed by atoms with Gasteiger partial charge in [-0.15, -0.1) is 11.3 Å². The van der Waals surface area contributed by atoms with E-state index in [2.05, 4.69) is 18.7 Å². The highest BCUT2D eigenvalue weighted by Gasteiger charge is 2.33. The molecule has 4 rings (SSSR count). The highest BCUT2D eigenvalue weighted by atomic mass is 32.1. The maximum absolute atomic E-state index is 12.7. The first-order valence-electron chi connectivity index (χ1n) is 10.9. The van der Waals surface area contributed by atoms with Crippen molar-refractivity contribution in [3.63, 3.8) is 0 Å². The number of nitrogens with zero attached hydrogens (tertiary/aromatic N) is 4. The Morgan fingerprint density at radius 1 is 1.07 bits per heavy atom. The molecule has 28 heavy (non-hydrogen) atoms. The summed E-state index contributed by atoms with van der Waals surface area (Å²) >= 11 is 1.76. The van der Waals surface area contributed by atoms with Crippen LogP contribution in [-0.4, -0.2) is 65.9 Å². The Morgan fingerprint density at radius 2 is 1.79 bits per heavy atom. The van der Waals surface area contributed by atoms with E-state index in [-0.39, 0.29) is 5.92 Å². The van der Waals surface area contributed by atoms with Gasteiger partial charge < -0.3 is 14.7 Å². The van der Waals surface area contributed by atoms with E-state index >= 15 is 0 Å². The van der Waals surface area contributed by atoms with Crippen molar-refractivity contribution >= 4 is 28.3 Å². The van der Waals surface area contributed by atoms with Crippen molar-refractivity contribution in [3.8, 4) is 0 Å². The molecule has 1 aromatic heterocycles. The highest BCUT2D eigenvalue weighted by Crippen LogP contribution is 2.35. The summed E-state index contributed by atoms with van der Waals surface area (Å²) < 4.78 is 0. The van der Waals surface area contributed by atoms with Gasteiger partial charge >= 0.3 is 0 Å². The molecule has 1 aromatic rings. The molecule has 6 nitrogen and oxygen atoms in total. The number of anilines is 1. The van der Waals surface area contributed by atoms with E-state index < -0.39 is 0 Å². The molecule has 1 saturated carbocycles. The Labute approximate surface area is 171 Å². The summed E-state index contributed by atoms with van der Waals surface area (Å²) in [6.07, 6.45) is 6.01. The van der Waals surface area contributed by atoms with Crippen LogP contribution in [-0.2, 0) is 22.4 Å². The van der Waals surface area contributed by atoms with E-state index in [1.807, 2.05) is 9.80 Å². The van der Waals surface area contributed by atoms with Crippen LogP contribution in [0.1, 0.15) is 50.1 Å². The van der Waals surface area contributed by atoms with E-state index in [0.717, 1.165) is 76.5 Å². The predicted octanol–water partition coefficient (Wildman–Crippen LogP) is 2.57. The molecule has 1 saturated heterocycles. The van der Waals surface area contributed by atoms with Crippen molar-refractivity contribution in [2.24, 2.45) is 11.8 Å². The second-order valence-electron chi connectivity index (χ2n) is 8.26. The Kier molecular flexibility index (Phi) is 5.90. The van der Waals surface area contributed by atoms with Crippen LogP contribution in [0.25, 0.3) is 0 Å². The number of aromatic nitrogens is 1. The molecule has 3 aliphatic rings. The number of thiazole rings is 1. The van der Waals surface area contributed by atoms with Crippen LogP contribution >= 0.6 is 11.3 Å². The van der Waals surface area contributed by atoms with E-state index in [0.29, 0.717) is 17.7 Å². The lowest BCUT2D eigenvalue weighted by molar-refractivity contribution is -0.138. The number of aryl methyl sites for hydroxylation is 1. The van der Waals surface area contributed by atoms with Crippen molar-refractivity contribution in [1.82, 2.24) is 14.8 Å². The van der Waals surface area contributed by atoms with Gasteiger partial charge in [0, 0.05) is 56.0 Å². The van der Waals surface area contributed by atoms with Crippen molar-refractivity contribution in [2.75, 3.05) is 44.2 Å². The molecule has 2 fully saturated rings. The van der Waals surface area contributed by atoms with E-state index in [1.54, 1.807) is 11.3 Å². The minimum atomic E-state index is 0.109. The number of hydrogen-bond donors (Lipinski definition) is 0. The zero-order valence-electron chi connectivity index (χ0n) is 17.2. The average Bonchev–Trinajstić information content (AvgIpc) is 3.11. The quantitative estimate of drug-likeness (QED) is 0.757. The summed E-state index contributed by atoms with van der Waals surface area (Å²) in [5, 5.41) is 1.08. The third kappa shape index (κ3) is 3.78. The van der Waals surface area contributed by atoms with Gasteiger partial charge in [-0.25, -0.2) is 4.98 Å². The smallest absolute Gasteiger partial charge is 0.226 e. The molecule has 1 aliphatic heterocycles. The predicted molar refractivity (Wildman–Crippen MR) is 112 cm³/mol. The lowest BCUT2D eigenvalue weighted by Crippen LogP contribution is -2.51. The van der Waals surface area contributed by atoms with Crippen LogP contribution in [0.4, 0.5) is 5.13 Å². The zero-order chi connectivity index (χ0) is 19.7. The molecule has 0 N–H and O–H groups in total. The summed E-state index contributed by atoms with van der Waals surface area (Å²) in [6, 6.07) is 0. The van der Waals surface area contributed by atoms with Crippen LogP contribution in [0.15, 0.2) is 0 Å². The largest absolute Gasteiger partial charge is 0.345 e. The molecule has 0 aromatic carbocycles. The average molecular weight is 405 g/mol. The molecule has 0 spiro atoms. The van der Waals surface area contributed by atoms with Crippen LogP contribution < -0.4 is 4.90 Å². The van der Waals surface area contributed by atoms with Gasteiger partial charge in [-0.05, 0) is 46.0 Å². The van der Waals surface area contributed by atoms with Crippen molar-refractivity contribution in [3.05, 3.63) is 10.6 Å². The summed E-state index contributed by atoms with van der Waals surface area (Å²) in [5.41, 5.74) is 1.19. The fourth-order valence-electron chi connectivity index (χ4n) is 4.53. The Bertz CT molecular complexity index is 718. The first kappa shape index (κ1) is 19.7. The van der Waals surface area contributed by atoms with Gasteiger partial charge in [0.2, 0.25) is 11.8 Å². The Balaban J connectivity index is 1.36. The fourth-order valence-corrected chi connectivity index (χ4v) is 5.77. The summed E-state index contributed by atoms with van der Waals surface area (Å²) in [6.45, 7) is 9.03. The van der Waals surface area contributed by atoms with E-state index in [9.17, 15) is 9.59 Å². The van der Waals surface area contributed by atoms with Crippen LogP contribution in [0.3, 0.4) is 0 Å². The minimum Gasteiger partial charge on any atom is -0.345 e. The van der Waals surface area contributed by atoms with Gasteiger partial charge in [-0.1, -0.05) is 6.42 Å². The molecule has 154 valence electrons. The SMILES string of the molecule is CCN(CC)C(=O)C1CCc2nc(N3CCN(C(=O)C4CCC4)CC3)sc2C1. The second-order valence-corrected chi connectivity index (χ2v) is 9.32. The first-order chi connectivity index (χ1) is 13.6. The number of fused-ring (bicyclic) bond motifs is 1. The van der Waals surface area contributed by atoms with Crippen LogP contribution in [0, 0.1) is 11.8 Å². The fraction of sp³-hybridized carbons (Fsp3) is 0.762. The van der Waals surface area contributed by atoms with Crippen LogP contribution in [0.2, 0.25) is 0 Å². The number of carbonyl (C=O) groups excluding carboxylic acids is 2. The molecular formula is C21H32N4O2S. The number of hydrogen-bond acceptors (Lipinski definition) is 5. The van der Waals surface area contributed by atoms with Gasteiger partial charge in [0.1, 0.15) is 0 Å². The first-order valence-corrected chi connectivity index (χ1v) is 11.7. The van der Waals surface area contributed by atoms with Gasteiger partial charge in [-0.2, -0.15) is 0 Å². The maximum Gasteiger partial charge on any atom is 0.226 e. The van der Waals surface area contributed by atoms with Gasteiger partial charge in [0.15, 0.2) is 5.13 Å². The number of rotatable bonds is 5. The molecule has 0 radical (unpaired) electrons. The summed E-state index contributed by atoms with van der Waals surface area (Å²) in [5.74, 6) is 1.06. The number of piperazine rings is 1. The van der Waals surface area contributed by atoms with Crippen molar-refractivity contribution in [2.45, 2.75) is 52.4 Å². The molecule has 1 unspecified atom stereocenters. The Morgan fingerprint density at radius 3 is 2.39 bits per heavy atom. The second kappa shape index (κ2) is 8.39. The van der Waals surface area contributed by atoms with Crippen molar-refractivity contribution in [1.29, 1.82) is 0 Å². The minimum absolute atomic E-state index is 0.109. The van der Waals surface area contributed by atoms with Gasteiger partial charge in [0.05, 0.1) is 5.69 Å². The summed E-state index contributed by atoms with van der Waals surface area (Å²) in [7, 11) is 0. The topological polar surface area (TPSA) is 56.8 Å². The monoisotopic (exact) mass is 404 g/mol. The zero-order valence-corrected chi connectivity index (χ0v) is 18.0. The molecule has 0 bridgehead atoms. The van der Waals surface area contributed by atoms with Crippen LogP contribution in [0.5, 0.6) is 0 Å². The highest BCUT2D eigenvalue weighted by molar-refractivity contribution is 7.15. The number of carbonyl (C=O) groups is 2. The summed E-state index contributed by atoms with van der Waals surface area (Å²) in [4.78, 5) is 37.7. The Hall–Kier alpha value is -1.63. The lowest BCUT2D eigenvalue weighted by atomic mass is 9.84. The van der Waals surface area contributed by atoms with Crippen molar-refractivity contribution < 1.29 is 9.59 Å². The van der Waals surface area contributed by atoms with E-state index in [4.69, 9.17) is 4.98 Å². The number of amides is 2. The molecule has 7 heteroatoms. The van der Waals surface area contributed by atoms with E-state index in [1.165, 1.54) is 17.0 Å². The molecular weight excluding hydrogens is 372 g/mol. The molecule has 1 atom stereocenters. The van der Waals surface area contributed by atoms with Gasteiger partial charge in [-0.3, -0.25) is 9.59 Å². The maximum atomic E-state index is 12.7. The lowest BCUT2D eigenvalue weighted by Gasteiger charge is -2.38. The molecule has 2 aliphatic carbocycles.